The molecule has 1 heterocycles. The lowest BCUT2D eigenvalue weighted by Crippen LogP contribution is -2.36. The van der Waals surface area contributed by atoms with Crippen molar-refractivity contribution in [2.45, 2.75) is 12.5 Å². The summed E-state index contributed by atoms with van der Waals surface area (Å²) in [5, 5.41) is 5.30. The van der Waals surface area contributed by atoms with Gasteiger partial charge in [-0.1, -0.05) is 30.3 Å². The maximum atomic E-state index is 11.9. The Hall–Kier alpha value is -1.37. The standard InChI is InChI=1S/C14H17N3OS2/c1-19-8-7-11(15)13(18)17-14-16-12(9-20-14)10-5-3-2-4-6-10/h2-6,9,11H,7-8,15H2,1H3,(H,16,17,18). The first-order valence-electron chi connectivity index (χ1n) is 6.27. The normalized spacial score (nSPS) is 12.1. The number of nitrogens with one attached hydrogen (secondary N) is 1. The maximum absolute atomic E-state index is 11.9. The number of benzene rings is 1. The van der Waals surface area contributed by atoms with Gasteiger partial charge in [-0.05, 0) is 18.4 Å². The minimum atomic E-state index is -0.480. The van der Waals surface area contributed by atoms with Gasteiger partial charge in [-0.3, -0.25) is 4.79 Å². The van der Waals surface area contributed by atoms with Crippen molar-refractivity contribution in [3.63, 3.8) is 0 Å². The van der Waals surface area contributed by atoms with Crippen LogP contribution in [0, 0.1) is 0 Å². The summed E-state index contributed by atoms with van der Waals surface area (Å²) >= 11 is 3.09. The van der Waals surface area contributed by atoms with Crippen LogP contribution in [0.5, 0.6) is 0 Å². The Morgan fingerprint density at radius 2 is 2.20 bits per heavy atom. The van der Waals surface area contributed by atoms with Crippen LogP contribution < -0.4 is 11.1 Å². The zero-order valence-corrected chi connectivity index (χ0v) is 12.8. The molecule has 1 aromatic heterocycles. The van der Waals surface area contributed by atoms with E-state index < -0.39 is 6.04 Å². The first kappa shape index (κ1) is 15.0. The van der Waals surface area contributed by atoms with Crippen molar-refractivity contribution in [2.24, 2.45) is 5.73 Å². The predicted octanol–water partition coefficient (Wildman–Crippen LogP) is 2.83. The Bertz CT molecular complexity index is 557. The fourth-order valence-corrected chi connectivity index (χ4v) is 2.86. The number of thiazole rings is 1. The fraction of sp³-hybridized carbons (Fsp3) is 0.286. The SMILES string of the molecule is CSCCC(N)C(=O)Nc1nc(-c2ccccc2)cs1. The van der Waals surface area contributed by atoms with Crippen molar-refractivity contribution in [1.29, 1.82) is 0 Å². The quantitative estimate of drug-likeness (QED) is 0.861. The molecule has 0 aliphatic heterocycles. The summed E-state index contributed by atoms with van der Waals surface area (Å²) in [6.07, 6.45) is 2.67. The Morgan fingerprint density at radius 3 is 2.90 bits per heavy atom. The number of anilines is 1. The van der Waals surface area contributed by atoms with Gasteiger partial charge in [0.1, 0.15) is 0 Å². The first-order chi connectivity index (χ1) is 9.70. The van der Waals surface area contributed by atoms with Gasteiger partial charge in [-0.15, -0.1) is 11.3 Å². The third kappa shape index (κ3) is 4.06. The molecular weight excluding hydrogens is 290 g/mol. The van der Waals surface area contributed by atoms with Gasteiger partial charge in [0, 0.05) is 10.9 Å². The lowest BCUT2D eigenvalue weighted by molar-refractivity contribution is -0.117. The molecule has 0 radical (unpaired) electrons. The number of carbonyl (C=O) groups is 1. The number of carbonyl (C=O) groups excluding carboxylic acids is 1. The number of rotatable bonds is 6. The molecule has 0 bridgehead atoms. The number of thioether (sulfide) groups is 1. The largest absolute Gasteiger partial charge is 0.320 e. The van der Waals surface area contributed by atoms with Crippen molar-refractivity contribution in [2.75, 3.05) is 17.3 Å². The van der Waals surface area contributed by atoms with Crippen molar-refractivity contribution in [3.8, 4) is 11.3 Å². The van der Waals surface area contributed by atoms with Crippen LogP contribution in [-0.4, -0.2) is 28.9 Å². The van der Waals surface area contributed by atoms with E-state index in [4.69, 9.17) is 5.73 Å². The smallest absolute Gasteiger partial charge is 0.243 e. The Morgan fingerprint density at radius 1 is 1.45 bits per heavy atom. The molecule has 0 aliphatic rings. The van der Waals surface area contributed by atoms with Gasteiger partial charge in [-0.25, -0.2) is 4.98 Å². The summed E-state index contributed by atoms with van der Waals surface area (Å²) in [5.74, 6) is 0.704. The molecule has 0 saturated heterocycles. The van der Waals surface area contributed by atoms with E-state index in [2.05, 4.69) is 10.3 Å². The predicted molar refractivity (Wildman–Crippen MR) is 87.2 cm³/mol. The van der Waals surface area contributed by atoms with Crippen molar-refractivity contribution < 1.29 is 4.79 Å². The van der Waals surface area contributed by atoms with E-state index >= 15 is 0 Å². The van der Waals surface area contributed by atoms with Crippen LogP contribution in [0.1, 0.15) is 6.42 Å². The second-order valence-corrected chi connectivity index (χ2v) is 6.12. The van der Waals surface area contributed by atoms with Crippen molar-refractivity contribution >= 4 is 34.1 Å². The molecule has 1 atom stereocenters. The molecular formula is C14H17N3OS2. The lowest BCUT2D eigenvalue weighted by atomic mass is 10.2. The van der Waals surface area contributed by atoms with E-state index in [1.807, 2.05) is 42.0 Å². The minimum absolute atomic E-state index is 0.173. The van der Waals surface area contributed by atoms with Crippen LogP contribution in [0.4, 0.5) is 5.13 Å². The zero-order valence-electron chi connectivity index (χ0n) is 11.2. The summed E-state index contributed by atoms with van der Waals surface area (Å²) in [4.78, 5) is 16.3. The van der Waals surface area contributed by atoms with Crippen LogP contribution in [0.3, 0.4) is 0 Å². The number of hydrogen-bond acceptors (Lipinski definition) is 5. The highest BCUT2D eigenvalue weighted by Crippen LogP contribution is 2.24. The molecule has 6 heteroatoms. The van der Waals surface area contributed by atoms with Crippen molar-refractivity contribution in [1.82, 2.24) is 4.98 Å². The number of aromatic nitrogens is 1. The molecule has 20 heavy (non-hydrogen) atoms. The number of hydrogen-bond donors (Lipinski definition) is 2. The average molecular weight is 307 g/mol. The van der Waals surface area contributed by atoms with Gasteiger partial charge in [0.25, 0.3) is 0 Å². The summed E-state index contributed by atoms with van der Waals surface area (Å²) in [5.41, 5.74) is 7.72. The Labute approximate surface area is 126 Å². The molecule has 0 aliphatic carbocycles. The summed E-state index contributed by atoms with van der Waals surface area (Å²) in [6.45, 7) is 0. The number of nitrogens with two attached hydrogens (primary N) is 1. The second kappa shape index (κ2) is 7.42. The number of nitrogens with zero attached hydrogens (tertiary/aromatic N) is 1. The molecule has 2 rings (SSSR count). The molecule has 2 aromatic rings. The van der Waals surface area contributed by atoms with E-state index in [0.29, 0.717) is 11.6 Å². The van der Waals surface area contributed by atoms with Crippen LogP contribution in [0.15, 0.2) is 35.7 Å². The molecule has 4 nitrogen and oxygen atoms in total. The highest BCUT2D eigenvalue weighted by atomic mass is 32.2. The van der Waals surface area contributed by atoms with Gasteiger partial charge >= 0.3 is 0 Å². The van der Waals surface area contributed by atoms with E-state index in [-0.39, 0.29) is 5.91 Å². The van der Waals surface area contributed by atoms with E-state index in [1.54, 1.807) is 11.8 Å². The van der Waals surface area contributed by atoms with Gasteiger partial charge in [0.2, 0.25) is 5.91 Å². The zero-order chi connectivity index (χ0) is 14.4. The third-order valence-corrected chi connectivity index (χ3v) is 4.18. The molecule has 106 valence electrons. The fourth-order valence-electron chi connectivity index (χ4n) is 1.65. The molecule has 1 amide bonds. The first-order valence-corrected chi connectivity index (χ1v) is 8.54. The Kier molecular flexibility index (Phi) is 5.58. The highest BCUT2D eigenvalue weighted by Gasteiger charge is 2.14. The van der Waals surface area contributed by atoms with E-state index in [9.17, 15) is 4.79 Å². The topological polar surface area (TPSA) is 68.0 Å². The third-order valence-electron chi connectivity index (χ3n) is 2.77. The Balaban J connectivity index is 1.98. The molecule has 0 fully saturated rings. The van der Waals surface area contributed by atoms with Crippen LogP contribution in [-0.2, 0) is 4.79 Å². The van der Waals surface area contributed by atoms with Crippen LogP contribution in [0.25, 0.3) is 11.3 Å². The summed E-state index contributed by atoms with van der Waals surface area (Å²) < 4.78 is 0. The number of amides is 1. The van der Waals surface area contributed by atoms with E-state index in [0.717, 1.165) is 17.0 Å². The summed E-state index contributed by atoms with van der Waals surface area (Å²) in [6, 6.07) is 9.39. The molecule has 0 saturated carbocycles. The minimum Gasteiger partial charge on any atom is -0.320 e. The molecule has 0 spiro atoms. The highest BCUT2D eigenvalue weighted by molar-refractivity contribution is 7.98. The van der Waals surface area contributed by atoms with Crippen LogP contribution >= 0.6 is 23.1 Å². The monoisotopic (exact) mass is 307 g/mol. The maximum Gasteiger partial charge on any atom is 0.243 e. The summed E-state index contributed by atoms with van der Waals surface area (Å²) in [7, 11) is 0. The average Bonchev–Trinajstić information content (AvgIpc) is 2.94. The van der Waals surface area contributed by atoms with Crippen LogP contribution in [0.2, 0.25) is 0 Å². The van der Waals surface area contributed by atoms with Gasteiger partial charge in [0.15, 0.2) is 5.13 Å². The van der Waals surface area contributed by atoms with Gasteiger partial charge in [0.05, 0.1) is 11.7 Å². The van der Waals surface area contributed by atoms with Crippen molar-refractivity contribution in [3.05, 3.63) is 35.7 Å². The van der Waals surface area contributed by atoms with Gasteiger partial charge < -0.3 is 11.1 Å². The lowest BCUT2D eigenvalue weighted by Gasteiger charge is -2.09. The molecule has 1 unspecified atom stereocenters. The molecule has 1 aromatic carbocycles. The van der Waals surface area contributed by atoms with E-state index in [1.165, 1.54) is 11.3 Å². The molecule has 3 N–H and O–H groups in total. The second-order valence-electron chi connectivity index (χ2n) is 4.28. The van der Waals surface area contributed by atoms with Gasteiger partial charge in [-0.2, -0.15) is 11.8 Å².